The van der Waals surface area contributed by atoms with Crippen LogP contribution in [0, 0.1) is 22.7 Å². The predicted octanol–water partition coefficient (Wildman–Crippen LogP) is 3.26. The fraction of sp³-hybridized carbons (Fsp3) is 0.739. The number of carbonyl (C=O) groups is 2. The van der Waals surface area contributed by atoms with Gasteiger partial charge in [-0.2, -0.15) is 0 Å². The van der Waals surface area contributed by atoms with Crippen molar-refractivity contribution in [2.75, 3.05) is 0 Å². The van der Waals surface area contributed by atoms with Crippen molar-refractivity contribution in [3.05, 3.63) is 23.8 Å². The van der Waals surface area contributed by atoms with Crippen LogP contribution in [0.5, 0.6) is 0 Å². The Kier molecular flexibility index (Phi) is 4.26. The zero-order chi connectivity index (χ0) is 22.8. The van der Waals surface area contributed by atoms with E-state index in [1.54, 1.807) is 27.7 Å². The molecule has 1 saturated heterocycles. The van der Waals surface area contributed by atoms with Crippen LogP contribution in [0.1, 0.15) is 47.0 Å². The van der Waals surface area contributed by atoms with Crippen LogP contribution in [0.2, 0.25) is 0 Å². The number of ether oxygens (including phenoxy) is 2. The predicted molar refractivity (Wildman–Crippen MR) is 111 cm³/mol. The van der Waals surface area contributed by atoms with E-state index in [2.05, 4.69) is 12.6 Å². The number of allylic oxidation sites excluding steroid dienone is 4. The number of aliphatic hydroxyl groups excluding tert-OH is 1. The average molecular weight is 455 g/mol. The largest absolute Gasteiger partial charge is 0.390 e. The van der Waals surface area contributed by atoms with Crippen LogP contribution >= 0.6 is 12.6 Å². The molecule has 8 heteroatoms. The first-order chi connectivity index (χ1) is 14.2. The van der Waals surface area contributed by atoms with Crippen LogP contribution in [0.25, 0.3) is 0 Å². The van der Waals surface area contributed by atoms with E-state index in [9.17, 15) is 14.7 Å². The minimum atomic E-state index is -2.20. The van der Waals surface area contributed by atoms with E-state index in [1.807, 2.05) is 0 Å². The maximum absolute atomic E-state index is 17.1. The molecule has 7 unspecified atom stereocenters. The molecule has 31 heavy (non-hydrogen) atoms. The number of fused-ring (bicyclic) bond motifs is 7. The van der Waals surface area contributed by atoms with E-state index in [1.165, 1.54) is 18.2 Å². The van der Waals surface area contributed by atoms with Crippen molar-refractivity contribution in [3.63, 3.8) is 0 Å². The summed E-state index contributed by atoms with van der Waals surface area (Å²) in [6, 6.07) is 0. The van der Waals surface area contributed by atoms with Crippen molar-refractivity contribution in [1.29, 1.82) is 0 Å². The van der Waals surface area contributed by atoms with Gasteiger partial charge in [0.15, 0.2) is 22.8 Å². The van der Waals surface area contributed by atoms with Crippen molar-refractivity contribution in [2.24, 2.45) is 22.7 Å². The summed E-state index contributed by atoms with van der Waals surface area (Å²) in [6.07, 6.45) is 0.204. The van der Waals surface area contributed by atoms with Crippen molar-refractivity contribution in [1.82, 2.24) is 0 Å². The summed E-state index contributed by atoms with van der Waals surface area (Å²) in [7, 11) is 0. The molecule has 0 radical (unpaired) electrons. The second-order valence-corrected chi connectivity index (χ2v) is 11.2. The Bertz CT molecular complexity index is 948. The minimum absolute atomic E-state index is 0.0610. The van der Waals surface area contributed by atoms with Crippen molar-refractivity contribution in [3.8, 4) is 0 Å². The quantitative estimate of drug-likeness (QED) is 0.595. The number of hydrogen-bond donors (Lipinski definition) is 2. The molecule has 0 spiro atoms. The highest BCUT2D eigenvalue weighted by Gasteiger charge is 2.80. The third kappa shape index (κ3) is 2.32. The topological polar surface area (TPSA) is 72.8 Å². The molecular weight excluding hydrogens is 426 g/mol. The second-order valence-electron chi connectivity index (χ2n) is 10.7. The summed E-state index contributed by atoms with van der Waals surface area (Å²) in [5.41, 5.74) is -6.02. The van der Waals surface area contributed by atoms with Crippen LogP contribution in [-0.4, -0.2) is 51.4 Å². The fourth-order valence-corrected chi connectivity index (χ4v) is 8.12. The molecule has 3 saturated carbocycles. The Morgan fingerprint density at radius 3 is 2.55 bits per heavy atom. The van der Waals surface area contributed by atoms with Gasteiger partial charge in [-0.15, -0.1) is 12.6 Å². The fourth-order valence-electron chi connectivity index (χ4n) is 7.67. The first kappa shape index (κ1) is 21.7. The van der Waals surface area contributed by atoms with Gasteiger partial charge in [-0.1, -0.05) is 13.0 Å². The average Bonchev–Trinajstić information content (AvgIpc) is 3.06. The van der Waals surface area contributed by atoms with Gasteiger partial charge in [0.05, 0.1) is 12.2 Å². The summed E-state index contributed by atoms with van der Waals surface area (Å²) >= 11 is 4.14. The van der Waals surface area contributed by atoms with Gasteiger partial charge in [0, 0.05) is 16.7 Å². The number of aliphatic hydroxyl groups is 1. The maximum Gasteiger partial charge on any atom is 0.221 e. The number of rotatable bonds is 1. The van der Waals surface area contributed by atoms with Gasteiger partial charge in [-0.25, -0.2) is 8.78 Å². The molecule has 5 aliphatic rings. The summed E-state index contributed by atoms with van der Waals surface area (Å²) in [5, 5.41) is 10.8. The highest BCUT2D eigenvalue weighted by Crippen LogP contribution is 2.72. The van der Waals surface area contributed by atoms with Crippen LogP contribution < -0.4 is 0 Å². The summed E-state index contributed by atoms with van der Waals surface area (Å²) < 4.78 is 44.7. The standard InChI is InChI=1S/C23H28F2O5S/c1-19(2)29-17-9-12-13-8-15(24)14-7-11(26)5-6-20(14,3)22(13,25)16(27)10-21(12,4)23(17,30-19)18(28)31/h5-7,12-13,15-17,27H,8-10H2,1-4H3,(H,28,31)/t12?,13?,15-,16?,17?,20?,21?,22-,23?/m0/s1. The van der Waals surface area contributed by atoms with Gasteiger partial charge in [0.1, 0.15) is 6.17 Å². The lowest BCUT2D eigenvalue weighted by Crippen LogP contribution is -2.70. The molecule has 0 bridgehead atoms. The molecule has 170 valence electrons. The third-order valence-electron chi connectivity index (χ3n) is 8.94. The van der Waals surface area contributed by atoms with E-state index in [-0.39, 0.29) is 24.2 Å². The molecule has 5 nitrogen and oxygen atoms in total. The highest BCUT2D eigenvalue weighted by molar-refractivity contribution is 7.96. The van der Waals surface area contributed by atoms with E-state index < -0.39 is 63.2 Å². The molecule has 4 aliphatic carbocycles. The zero-order valence-corrected chi connectivity index (χ0v) is 18.9. The van der Waals surface area contributed by atoms with Crippen LogP contribution in [0.3, 0.4) is 0 Å². The molecule has 9 atom stereocenters. The van der Waals surface area contributed by atoms with Gasteiger partial charge >= 0.3 is 0 Å². The number of halogens is 2. The third-order valence-corrected chi connectivity index (χ3v) is 9.27. The SMILES string of the molecule is CC1(C)OC2CC3C4C[C@H](F)C5=CC(=O)C=CC5(C)[C@@]4(F)C(O)CC3(C)C2(C(=O)S)O1. The number of thiol groups is 1. The Morgan fingerprint density at radius 1 is 1.23 bits per heavy atom. The Labute approximate surface area is 185 Å². The molecule has 0 aromatic heterocycles. The molecule has 0 aromatic carbocycles. The van der Waals surface area contributed by atoms with Gasteiger partial charge in [0.25, 0.3) is 0 Å². The summed E-state index contributed by atoms with van der Waals surface area (Å²) in [5.74, 6) is -2.77. The maximum atomic E-state index is 17.1. The molecular formula is C23H28F2O5S. The van der Waals surface area contributed by atoms with E-state index in [0.29, 0.717) is 6.42 Å². The number of alkyl halides is 2. The van der Waals surface area contributed by atoms with Crippen molar-refractivity contribution in [2.45, 2.75) is 82.4 Å². The van der Waals surface area contributed by atoms with Gasteiger partial charge < -0.3 is 14.6 Å². The molecule has 1 aliphatic heterocycles. The van der Waals surface area contributed by atoms with E-state index >= 15 is 8.78 Å². The molecule has 5 rings (SSSR count). The van der Waals surface area contributed by atoms with Gasteiger partial charge in [0.2, 0.25) is 5.12 Å². The van der Waals surface area contributed by atoms with E-state index in [0.717, 1.165) is 0 Å². The Hall–Kier alpha value is -1.09. The number of carbonyl (C=O) groups excluding carboxylic acids is 2. The lowest BCUT2D eigenvalue weighted by Gasteiger charge is -2.63. The molecule has 1 heterocycles. The summed E-state index contributed by atoms with van der Waals surface area (Å²) in [4.78, 5) is 24.8. The molecule has 0 amide bonds. The Morgan fingerprint density at radius 2 is 1.90 bits per heavy atom. The van der Waals surface area contributed by atoms with Gasteiger partial charge in [-0.3, -0.25) is 9.59 Å². The number of hydrogen-bond acceptors (Lipinski definition) is 5. The minimum Gasteiger partial charge on any atom is -0.390 e. The second kappa shape index (κ2) is 6.07. The molecule has 1 N–H and O–H groups in total. The van der Waals surface area contributed by atoms with Crippen molar-refractivity contribution < 1.29 is 33.0 Å². The monoisotopic (exact) mass is 454 g/mol. The first-order valence-corrected chi connectivity index (χ1v) is 11.3. The van der Waals surface area contributed by atoms with Gasteiger partial charge in [-0.05, 0) is 63.7 Å². The number of ketones is 1. The van der Waals surface area contributed by atoms with Crippen LogP contribution in [-0.2, 0) is 19.1 Å². The van der Waals surface area contributed by atoms with Crippen LogP contribution in [0.15, 0.2) is 23.8 Å². The van der Waals surface area contributed by atoms with Crippen molar-refractivity contribution >= 4 is 23.5 Å². The summed E-state index contributed by atoms with van der Waals surface area (Å²) in [6.45, 7) is 6.78. The lowest BCUT2D eigenvalue weighted by atomic mass is 9.44. The highest BCUT2D eigenvalue weighted by atomic mass is 32.1. The molecule has 0 aromatic rings. The van der Waals surface area contributed by atoms with Crippen LogP contribution in [0.4, 0.5) is 8.78 Å². The van der Waals surface area contributed by atoms with E-state index in [4.69, 9.17) is 9.47 Å². The first-order valence-electron chi connectivity index (χ1n) is 10.8. The Balaban J connectivity index is 1.66. The zero-order valence-electron chi connectivity index (χ0n) is 18.0. The molecule has 4 fully saturated rings. The lowest BCUT2D eigenvalue weighted by molar-refractivity contribution is -0.246. The normalized spacial score (nSPS) is 54.5. The smallest absolute Gasteiger partial charge is 0.221 e.